The monoisotopic (exact) mass is 263 g/mol. The maximum absolute atomic E-state index is 12.9. The number of rotatable bonds is 4. The number of nitrogens with zero attached hydrogens (tertiary/aromatic N) is 1. The molecular formula is C11H12Cl2FNO. The third kappa shape index (κ3) is 3.09. The molecule has 0 aromatic heterocycles. The summed E-state index contributed by atoms with van der Waals surface area (Å²) in [4.78, 5) is 13.5. The summed E-state index contributed by atoms with van der Waals surface area (Å²) >= 11 is 11.2. The molecule has 0 fully saturated rings. The second kappa shape index (κ2) is 6.06. The fraction of sp³-hybridized carbons (Fsp3) is 0.364. The predicted octanol–water partition coefficient (Wildman–Crippen LogP) is 3.18. The lowest BCUT2D eigenvalue weighted by atomic mass is 10.2. The molecule has 1 amide bonds. The van der Waals surface area contributed by atoms with Crippen LogP contribution in [0.2, 0.25) is 5.02 Å². The van der Waals surface area contributed by atoms with Crippen molar-refractivity contribution in [2.75, 3.05) is 19.0 Å². The van der Waals surface area contributed by atoms with Crippen LogP contribution in [0.1, 0.15) is 17.3 Å². The summed E-state index contributed by atoms with van der Waals surface area (Å²) in [6.07, 6.45) is 0. The molecule has 88 valence electrons. The summed E-state index contributed by atoms with van der Waals surface area (Å²) in [6.45, 7) is 2.88. The zero-order valence-corrected chi connectivity index (χ0v) is 10.4. The lowest BCUT2D eigenvalue weighted by molar-refractivity contribution is 0.0774. The lowest BCUT2D eigenvalue weighted by Crippen LogP contribution is -2.32. The molecule has 0 spiro atoms. The molecule has 0 N–H and O–H groups in total. The first kappa shape index (κ1) is 13.3. The van der Waals surface area contributed by atoms with E-state index in [2.05, 4.69) is 0 Å². The number of carbonyl (C=O) groups is 1. The van der Waals surface area contributed by atoms with Crippen molar-refractivity contribution in [3.63, 3.8) is 0 Å². The number of amides is 1. The Bertz CT molecular complexity index is 384. The molecule has 0 unspecified atom stereocenters. The van der Waals surface area contributed by atoms with E-state index in [9.17, 15) is 9.18 Å². The summed E-state index contributed by atoms with van der Waals surface area (Å²) in [6, 6.07) is 3.93. The molecule has 1 aromatic rings. The van der Waals surface area contributed by atoms with Crippen LogP contribution in [0.4, 0.5) is 4.39 Å². The quantitative estimate of drug-likeness (QED) is 0.765. The van der Waals surface area contributed by atoms with Gasteiger partial charge in [-0.1, -0.05) is 11.6 Å². The van der Waals surface area contributed by atoms with Crippen molar-refractivity contribution in [2.24, 2.45) is 0 Å². The molecule has 0 bridgehead atoms. The van der Waals surface area contributed by atoms with Crippen LogP contribution < -0.4 is 0 Å². The summed E-state index contributed by atoms with van der Waals surface area (Å²) in [5.41, 5.74) is 0.373. The number of halogens is 3. The molecule has 0 radical (unpaired) electrons. The highest BCUT2D eigenvalue weighted by Gasteiger charge is 2.14. The zero-order valence-electron chi connectivity index (χ0n) is 8.84. The van der Waals surface area contributed by atoms with Crippen LogP contribution in [0.25, 0.3) is 0 Å². The van der Waals surface area contributed by atoms with Crippen molar-refractivity contribution in [1.29, 1.82) is 0 Å². The molecule has 1 aromatic carbocycles. The molecule has 0 atom stereocenters. The van der Waals surface area contributed by atoms with Gasteiger partial charge in [-0.2, -0.15) is 0 Å². The molecule has 0 saturated carbocycles. The Balaban J connectivity index is 2.90. The van der Waals surface area contributed by atoms with Crippen LogP contribution in [0.15, 0.2) is 18.2 Å². The third-order valence-corrected chi connectivity index (χ3v) is 2.65. The van der Waals surface area contributed by atoms with Crippen molar-refractivity contribution in [3.05, 3.63) is 34.6 Å². The third-order valence-electron chi connectivity index (χ3n) is 2.19. The number of hydrogen-bond donors (Lipinski definition) is 0. The van der Waals surface area contributed by atoms with E-state index in [0.717, 1.165) is 0 Å². The Hall–Kier alpha value is -0.800. The van der Waals surface area contributed by atoms with E-state index < -0.39 is 5.82 Å². The van der Waals surface area contributed by atoms with Gasteiger partial charge in [-0.15, -0.1) is 11.6 Å². The number of benzene rings is 1. The average molecular weight is 264 g/mol. The fourth-order valence-electron chi connectivity index (χ4n) is 1.32. The maximum Gasteiger partial charge on any atom is 0.253 e. The van der Waals surface area contributed by atoms with Crippen molar-refractivity contribution < 1.29 is 9.18 Å². The largest absolute Gasteiger partial charge is 0.338 e. The van der Waals surface area contributed by atoms with Crippen molar-refractivity contribution in [1.82, 2.24) is 4.90 Å². The van der Waals surface area contributed by atoms with Gasteiger partial charge in [-0.05, 0) is 25.1 Å². The number of alkyl halides is 1. The van der Waals surface area contributed by atoms with Gasteiger partial charge in [0.25, 0.3) is 5.91 Å². The molecule has 0 aliphatic carbocycles. The summed E-state index contributed by atoms with van der Waals surface area (Å²) in [7, 11) is 0. The van der Waals surface area contributed by atoms with Crippen LogP contribution in [-0.2, 0) is 0 Å². The molecule has 16 heavy (non-hydrogen) atoms. The van der Waals surface area contributed by atoms with Crippen LogP contribution in [0, 0.1) is 5.82 Å². The van der Waals surface area contributed by atoms with E-state index in [0.29, 0.717) is 24.5 Å². The Morgan fingerprint density at radius 2 is 2.19 bits per heavy atom. The maximum atomic E-state index is 12.9. The van der Waals surface area contributed by atoms with E-state index in [1.807, 2.05) is 6.92 Å². The van der Waals surface area contributed by atoms with Gasteiger partial charge in [0, 0.05) is 24.5 Å². The van der Waals surface area contributed by atoms with E-state index in [4.69, 9.17) is 23.2 Å². The highest BCUT2D eigenvalue weighted by molar-refractivity contribution is 6.31. The highest BCUT2D eigenvalue weighted by atomic mass is 35.5. The molecule has 2 nitrogen and oxygen atoms in total. The van der Waals surface area contributed by atoms with Crippen molar-refractivity contribution >= 4 is 29.1 Å². The Kier molecular flexibility index (Phi) is 5.03. The minimum absolute atomic E-state index is 0.0484. The second-order valence-electron chi connectivity index (χ2n) is 3.20. The predicted molar refractivity (Wildman–Crippen MR) is 63.7 cm³/mol. The van der Waals surface area contributed by atoms with Crippen molar-refractivity contribution in [3.8, 4) is 0 Å². The molecule has 0 heterocycles. The molecule has 1 rings (SSSR count). The van der Waals surface area contributed by atoms with Gasteiger partial charge in [0.1, 0.15) is 5.82 Å². The number of hydrogen-bond acceptors (Lipinski definition) is 1. The van der Waals surface area contributed by atoms with Crippen molar-refractivity contribution in [2.45, 2.75) is 6.92 Å². The molecule has 0 aliphatic rings. The van der Waals surface area contributed by atoms with Crippen LogP contribution in [0.5, 0.6) is 0 Å². The van der Waals surface area contributed by atoms with E-state index >= 15 is 0 Å². The molecule has 0 saturated heterocycles. The van der Waals surface area contributed by atoms with Gasteiger partial charge in [-0.3, -0.25) is 4.79 Å². The first-order valence-corrected chi connectivity index (χ1v) is 5.81. The SMILES string of the molecule is CCN(CCCl)C(=O)c1ccc(F)c(Cl)c1. The summed E-state index contributed by atoms with van der Waals surface area (Å²) < 4.78 is 12.9. The molecular weight excluding hydrogens is 252 g/mol. The highest BCUT2D eigenvalue weighted by Crippen LogP contribution is 2.17. The molecule has 5 heteroatoms. The van der Waals surface area contributed by atoms with E-state index in [-0.39, 0.29) is 10.9 Å². The topological polar surface area (TPSA) is 20.3 Å². The Labute approximate surface area is 104 Å². The first-order valence-electron chi connectivity index (χ1n) is 4.90. The minimum atomic E-state index is -0.529. The van der Waals surface area contributed by atoms with Gasteiger partial charge in [-0.25, -0.2) is 4.39 Å². The lowest BCUT2D eigenvalue weighted by Gasteiger charge is -2.19. The van der Waals surface area contributed by atoms with Crippen LogP contribution in [0.3, 0.4) is 0 Å². The van der Waals surface area contributed by atoms with E-state index in [1.165, 1.54) is 18.2 Å². The fourth-order valence-corrected chi connectivity index (χ4v) is 1.70. The average Bonchev–Trinajstić information content (AvgIpc) is 2.28. The van der Waals surface area contributed by atoms with E-state index in [1.54, 1.807) is 4.90 Å². The van der Waals surface area contributed by atoms with Gasteiger partial charge < -0.3 is 4.90 Å². The number of carbonyl (C=O) groups excluding carboxylic acids is 1. The van der Waals surface area contributed by atoms with Crippen LogP contribution >= 0.6 is 23.2 Å². The Morgan fingerprint density at radius 1 is 1.50 bits per heavy atom. The smallest absolute Gasteiger partial charge is 0.253 e. The van der Waals surface area contributed by atoms with Gasteiger partial charge in [0.15, 0.2) is 0 Å². The standard InChI is InChI=1S/C11H12Cl2FNO/c1-2-15(6-5-12)11(16)8-3-4-10(14)9(13)7-8/h3-4,7H,2,5-6H2,1H3. The minimum Gasteiger partial charge on any atom is -0.338 e. The normalized spacial score (nSPS) is 10.2. The second-order valence-corrected chi connectivity index (χ2v) is 3.99. The van der Waals surface area contributed by atoms with Crippen LogP contribution in [-0.4, -0.2) is 29.8 Å². The first-order chi connectivity index (χ1) is 7.60. The van der Waals surface area contributed by atoms with Gasteiger partial charge in [0.2, 0.25) is 0 Å². The summed E-state index contributed by atoms with van der Waals surface area (Å²) in [5, 5.41) is -0.0484. The van der Waals surface area contributed by atoms with Gasteiger partial charge in [0.05, 0.1) is 5.02 Å². The Morgan fingerprint density at radius 3 is 2.69 bits per heavy atom. The zero-order chi connectivity index (χ0) is 12.1. The molecule has 0 aliphatic heterocycles. The van der Waals surface area contributed by atoms with Gasteiger partial charge >= 0.3 is 0 Å². The summed E-state index contributed by atoms with van der Waals surface area (Å²) in [5.74, 6) is -0.349.